The van der Waals surface area contributed by atoms with Crippen LogP contribution in [0.2, 0.25) is 5.02 Å². The van der Waals surface area contributed by atoms with Crippen LogP contribution in [0.5, 0.6) is 0 Å². The number of fused-ring (bicyclic) bond motifs is 1. The van der Waals surface area contributed by atoms with Gasteiger partial charge in [-0.3, -0.25) is 0 Å². The van der Waals surface area contributed by atoms with E-state index in [2.05, 4.69) is 4.98 Å². The molecule has 1 heterocycles. The number of hydrogen-bond donors (Lipinski definition) is 2. The lowest BCUT2D eigenvalue weighted by Gasteiger charge is -2.22. The number of nitrogens with one attached hydrogen (secondary N) is 1. The molecule has 0 unspecified atom stereocenters. The van der Waals surface area contributed by atoms with E-state index in [1.807, 2.05) is 32.0 Å². The molecule has 1 aromatic heterocycles. The van der Waals surface area contributed by atoms with Crippen molar-refractivity contribution < 1.29 is 5.11 Å². The van der Waals surface area contributed by atoms with Crippen LogP contribution < -0.4 is 0 Å². The minimum absolute atomic E-state index is 0.114. The van der Waals surface area contributed by atoms with Crippen molar-refractivity contribution in [1.29, 1.82) is 0 Å². The molecule has 2 nitrogen and oxygen atoms in total. The van der Waals surface area contributed by atoms with E-state index in [0.717, 1.165) is 21.5 Å². The molecule has 80 valence electrons. The summed E-state index contributed by atoms with van der Waals surface area (Å²) in [6, 6.07) is 5.96. The first-order valence-electron chi connectivity index (χ1n) is 4.93. The summed E-state index contributed by atoms with van der Waals surface area (Å²) in [4.78, 5) is 3.15. The first-order chi connectivity index (χ1) is 7.06. The molecule has 0 fully saturated rings. The summed E-state index contributed by atoms with van der Waals surface area (Å²) < 4.78 is 0. The Morgan fingerprint density at radius 1 is 1.40 bits per heavy atom. The molecule has 0 aliphatic heterocycles. The second kappa shape index (κ2) is 3.54. The molecule has 0 saturated heterocycles. The van der Waals surface area contributed by atoms with E-state index in [1.54, 1.807) is 6.20 Å². The average molecular weight is 224 g/mol. The zero-order valence-electron chi connectivity index (χ0n) is 8.84. The van der Waals surface area contributed by atoms with Gasteiger partial charge in [0.15, 0.2) is 0 Å². The fourth-order valence-corrected chi connectivity index (χ4v) is 1.98. The molecular formula is C12H14ClNO. The van der Waals surface area contributed by atoms with Crippen LogP contribution in [0, 0.1) is 0 Å². The Hall–Kier alpha value is -0.990. The highest BCUT2D eigenvalue weighted by atomic mass is 35.5. The number of H-pyrrole nitrogens is 1. The van der Waals surface area contributed by atoms with Crippen LogP contribution in [0.15, 0.2) is 24.4 Å². The van der Waals surface area contributed by atoms with Crippen molar-refractivity contribution in [3.63, 3.8) is 0 Å². The summed E-state index contributed by atoms with van der Waals surface area (Å²) in [7, 11) is 0. The van der Waals surface area contributed by atoms with Crippen molar-refractivity contribution in [3.8, 4) is 0 Å². The van der Waals surface area contributed by atoms with Crippen molar-refractivity contribution in [2.45, 2.75) is 19.3 Å². The van der Waals surface area contributed by atoms with Crippen molar-refractivity contribution in [2.24, 2.45) is 0 Å². The SMILES string of the molecule is CC(C)(CO)c1cccc2c(Cl)c[nH]c12. The molecule has 3 heteroatoms. The number of rotatable bonds is 2. The Morgan fingerprint density at radius 2 is 2.13 bits per heavy atom. The first-order valence-corrected chi connectivity index (χ1v) is 5.31. The highest BCUT2D eigenvalue weighted by molar-refractivity contribution is 6.35. The molecule has 0 radical (unpaired) electrons. The molecule has 0 saturated carbocycles. The summed E-state index contributed by atoms with van der Waals surface area (Å²) in [6.07, 6.45) is 1.78. The van der Waals surface area contributed by atoms with Gasteiger partial charge in [0.25, 0.3) is 0 Å². The maximum atomic E-state index is 9.37. The number of aliphatic hydroxyl groups is 1. The Kier molecular flexibility index (Phi) is 2.49. The molecule has 2 aromatic rings. The smallest absolute Gasteiger partial charge is 0.0659 e. The molecule has 1 aromatic carbocycles. The highest BCUT2D eigenvalue weighted by Gasteiger charge is 2.22. The lowest BCUT2D eigenvalue weighted by Crippen LogP contribution is -2.22. The molecule has 2 rings (SSSR count). The number of hydrogen-bond acceptors (Lipinski definition) is 1. The van der Waals surface area contributed by atoms with Gasteiger partial charge >= 0.3 is 0 Å². The van der Waals surface area contributed by atoms with Crippen LogP contribution in [-0.2, 0) is 5.41 Å². The molecular weight excluding hydrogens is 210 g/mol. The summed E-state index contributed by atoms with van der Waals surface area (Å²) in [6.45, 7) is 4.13. The largest absolute Gasteiger partial charge is 0.395 e. The predicted octanol–water partition coefficient (Wildman–Crippen LogP) is 3.09. The fraction of sp³-hybridized carbons (Fsp3) is 0.333. The van der Waals surface area contributed by atoms with Gasteiger partial charge < -0.3 is 10.1 Å². The van der Waals surface area contributed by atoms with Gasteiger partial charge in [-0.15, -0.1) is 0 Å². The second-order valence-electron chi connectivity index (χ2n) is 4.41. The number of aliphatic hydroxyl groups excluding tert-OH is 1. The fourth-order valence-electron chi connectivity index (χ4n) is 1.77. The molecule has 0 bridgehead atoms. The van der Waals surface area contributed by atoms with Gasteiger partial charge in [-0.1, -0.05) is 43.6 Å². The van der Waals surface area contributed by atoms with E-state index >= 15 is 0 Å². The van der Waals surface area contributed by atoms with Crippen LogP contribution in [0.25, 0.3) is 10.9 Å². The van der Waals surface area contributed by atoms with Gasteiger partial charge in [-0.05, 0) is 5.56 Å². The van der Waals surface area contributed by atoms with Crippen molar-refractivity contribution in [2.75, 3.05) is 6.61 Å². The first kappa shape index (κ1) is 10.5. The molecule has 0 aliphatic rings. The van der Waals surface area contributed by atoms with Crippen LogP contribution in [-0.4, -0.2) is 16.7 Å². The Bertz CT molecular complexity index is 487. The van der Waals surface area contributed by atoms with Crippen LogP contribution in [0.4, 0.5) is 0 Å². The Labute approximate surface area is 93.9 Å². The van der Waals surface area contributed by atoms with E-state index < -0.39 is 0 Å². The molecule has 0 atom stereocenters. The second-order valence-corrected chi connectivity index (χ2v) is 4.81. The van der Waals surface area contributed by atoms with E-state index in [9.17, 15) is 5.11 Å². The molecule has 0 spiro atoms. The molecule has 0 amide bonds. The maximum absolute atomic E-state index is 9.37. The highest BCUT2D eigenvalue weighted by Crippen LogP contribution is 2.32. The van der Waals surface area contributed by atoms with Gasteiger partial charge in [0.2, 0.25) is 0 Å². The third-order valence-electron chi connectivity index (χ3n) is 2.79. The predicted molar refractivity (Wildman–Crippen MR) is 63.4 cm³/mol. The summed E-state index contributed by atoms with van der Waals surface area (Å²) >= 11 is 6.04. The Balaban J connectivity index is 2.71. The van der Waals surface area contributed by atoms with Crippen molar-refractivity contribution >= 4 is 22.5 Å². The number of benzene rings is 1. The van der Waals surface area contributed by atoms with Gasteiger partial charge in [-0.25, -0.2) is 0 Å². The number of para-hydroxylation sites is 1. The normalized spacial score (nSPS) is 12.3. The number of aromatic nitrogens is 1. The third kappa shape index (κ3) is 1.64. The summed E-state index contributed by atoms with van der Waals surface area (Å²) in [5, 5.41) is 11.1. The zero-order chi connectivity index (χ0) is 11.1. The summed E-state index contributed by atoms with van der Waals surface area (Å²) in [5.74, 6) is 0. The average Bonchev–Trinajstić information content (AvgIpc) is 2.60. The third-order valence-corrected chi connectivity index (χ3v) is 3.10. The Morgan fingerprint density at radius 3 is 2.80 bits per heavy atom. The van der Waals surface area contributed by atoms with Gasteiger partial charge in [0, 0.05) is 17.0 Å². The van der Waals surface area contributed by atoms with E-state index in [4.69, 9.17) is 11.6 Å². The molecule has 15 heavy (non-hydrogen) atoms. The van der Waals surface area contributed by atoms with Gasteiger partial charge in [0.05, 0.1) is 17.1 Å². The lowest BCUT2D eigenvalue weighted by molar-refractivity contribution is 0.219. The zero-order valence-corrected chi connectivity index (χ0v) is 9.60. The number of aromatic amines is 1. The topological polar surface area (TPSA) is 36.0 Å². The van der Waals surface area contributed by atoms with Crippen LogP contribution >= 0.6 is 11.6 Å². The van der Waals surface area contributed by atoms with Crippen LogP contribution in [0.3, 0.4) is 0 Å². The van der Waals surface area contributed by atoms with E-state index in [0.29, 0.717) is 0 Å². The van der Waals surface area contributed by atoms with Crippen LogP contribution in [0.1, 0.15) is 19.4 Å². The van der Waals surface area contributed by atoms with Crippen molar-refractivity contribution in [1.82, 2.24) is 4.98 Å². The molecule has 2 N–H and O–H groups in total. The van der Waals surface area contributed by atoms with Gasteiger partial charge in [0.1, 0.15) is 0 Å². The van der Waals surface area contributed by atoms with E-state index in [-0.39, 0.29) is 12.0 Å². The lowest BCUT2D eigenvalue weighted by atomic mass is 9.84. The number of halogens is 1. The monoisotopic (exact) mass is 223 g/mol. The van der Waals surface area contributed by atoms with E-state index in [1.165, 1.54) is 0 Å². The summed E-state index contributed by atoms with van der Waals surface area (Å²) in [5.41, 5.74) is 1.85. The minimum Gasteiger partial charge on any atom is -0.395 e. The van der Waals surface area contributed by atoms with Crippen molar-refractivity contribution in [3.05, 3.63) is 35.0 Å². The maximum Gasteiger partial charge on any atom is 0.0659 e. The minimum atomic E-state index is -0.256. The standard InChI is InChI=1S/C12H14ClNO/c1-12(2,7-15)9-5-3-4-8-10(13)6-14-11(8)9/h3-6,14-15H,7H2,1-2H3. The van der Waals surface area contributed by atoms with Gasteiger partial charge in [-0.2, -0.15) is 0 Å². The quantitative estimate of drug-likeness (QED) is 0.807. The molecule has 0 aliphatic carbocycles.